The zero-order valence-electron chi connectivity index (χ0n) is 16.6. The van der Waals surface area contributed by atoms with E-state index in [0.717, 1.165) is 24.4 Å². The molecule has 0 radical (unpaired) electrons. The molecule has 1 unspecified atom stereocenters. The van der Waals surface area contributed by atoms with E-state index in [0.29, 0.717) is 17.9 Å². The van der Waals surface area contributed by atoms with Crippen molar-refractivity contribution < 1.29 is 13.2 Å². The SMILES string of the molecule is CCCn1c(-c2ccncc2)nn(CN(C)CC(=O)NC2CCS(=O)(=O)C2)c1=S. The van der Waals surface area contributed by atoms with E-state index in [9.17, 15) is 13.2 Å². The number of aromatic nitrogens is 4. The van der Waals surface area contributed by atoms with Crippen LogP contribution in [0.3, 0.4) is 0 Å². The number of amides is 1. The highest BCUT2D eigenvalue weighted by Crippen LogP contribution is 2.18. The van der Waals surface area contributed by atoms with Crippen molar-refractivity contribution >= 4 is 28.0 Å². The van der Waals surface area contributed by atoms with Gasteiger partial charge in [-0.2, -0.15) is 5.10 Å². The predicted molar refractivity (Wildman–Crippen MR) is 112 cm³/mol. The summed E-state index contributed by atoms with van der Waals surface area (Å²) >= 11 is 5.61. The summed E-state index contributed by atoms with van der Waals surface area (Å²) in [7, 11) is -1.22. The fraction of sp³-hybridized carbons (Fsp3) is 0.556. The van der Waals surface area contributed by atoms with Crippen LogP contribution < -0.4 is 5.32 Å². The maximum absolute atomic E-state index is 12.3. The van der Waals surface area contributed by atoms with E-state index in [1.54, 1.807) is 29.0 Å². The Morgan fingerprint density at radius 2 is 2.10 bits per heavy atom. The van der Waals surface area contributed by atoms with Gasteiger partial charge in [-0.05, 0) is 44.2 Å². The predicted octanol–water partition coefficient (Wildman–Crippen LogP) is 1.08. The van der Waals surface area contributed by atoms with Gasteiger partial charge in [0.15, 0.2) is 20.4 Å². The van der Waals surface area contributed by atoms with Crippen LogP contribution in [0, 0.1) is 4.77 Å². The lowest BCUT2D eigenvalue weighted by Crippen LogP contribution is -2.42. The van der Waals surface area contributed by atoms with Crippen molar-refractivity contribution in [1.29, 1.82) is 0 Å². The summed E-state index contributed by atoms with van der Waals surface area (Å²) < 4.78 is 27.4. The Morgan fingerprint density at radius 3 is 2.72 bits per heavy atom. The van der Waals surface area contributed by atoms with Crippen molar-refractivity contribution in [3.05, 3.63) is 29.3 Å². The first-order valence-corrected chi connectivity index (χ1v) is 11.8. The molecule has 0 spiro atoms. The third-order valence-electron chi connectivity index (χ3n) is 4.69. The molecule has 3 heterocycles. The molecular weight excluding hydrogens is 412 g/mol. The summed E-state index contributed by atoms with van der Waals surface area (Å²) in [6.45, 7) is 3.31. The van der Waals surface area contributed by atoms with Gasteiger partial charge in [-0.15, -0.1) is 0 Å². The number of carbonyl (C=O) groups is 1. The highest BCUT2D eigenvalue weighted by Gasteiger charge is 2.29. The van der Waals surface area contributed by atoms with Gasteiger partial charge in [0, 0.05) is 30.5 Å². The highest BCUT2D eigenvalue weighted by atomic mass is 32.2. The summed E-state index contributed by atoms with van der Waals surface area (Å²) in [6, 6.07) is 3.48. The number of sulfone groups is 1. The van der Waals surface area contributed by atoms with Crippen LogP contribution in [0.1, 0.15) is 19.8 Å². The Morgan fingerprint density at radius 1 is 1.38 bits per heavy atom. The zero-order valence-corrected chi connectivity index (χ0v) is 18.2. The number of rotatable bonds is 8. The normalized spacial score (nSPS) is 18.2. The molecule has 2 aromatic heterocycles. The van der Waals surface area contributed by atoms with Crippen LogP contribution in [0.2, 0.25) is 0 Å². The monoisotopic (exact) mass is 438 g/mol. The summed E-state index contributed by atoms with van der Waals surface area (Å²) in [5, 5.41) is 7.46. The maximum Gasteiger partial charge on any atom is 0.234 e. The van der Waals surface area contributed by atoms with E-state index in [-0.39, 0.29) is 30.0 Å². The molecule has 1 amide bonds. The van der Waals surface area contributed by atoms with Crippen LogP contribution in [0.15, 0.2) is 24.5 Å². The molecule has 3 rings (SSSR count). The molecule has 158 valence electrons. The molecule has 0 bridgehead atoms. The first kappa shape index (κ1) is 21.6. The van der Waals surface area contributed by atoms with Crippen molar-refractivity contribution in [2.75, 3.05) is 25.1 Å². The highest BCUT2D eigenvalue weighted by molar-refractivity contribution is 7.91. The summed E-state index contributed by atoms with van der Waals surface area (Å²) in [6.07, 6.45) is 4.82. The van der Waals surface area contributed by atoms with Gasteiger partial charge in [0.05, 0.1) is 24.7 Å². The molecule has 2 aromatic rings. The van der Waals surface area contributed by atoms with Gasteiger partial charge in [-0.25, -0.2) is 13.1 Å². The number of carbonyl (C=O) groups excluding carboxylic acids is 1. The first-order valence-electron chi connectivity index (χ1n) is 9.55. The third kappa shape index (κ3) is 5.49. The zero-order chi connectivity index (χ0) is 21.0. The largest absolute Gasteiger partial charge is 0.351 e. The number of nitrogens with zero attached hydrogens (tertiary/aromatic N) is 5. The molecule has 29 heavy (non-hydrogen) atoms. The Labute approximate surface area is 175 Å². The van der Waals surface area contributed by atoms with Gasteiger partial charge in [0.1, 0.15) is 0 Å². The number of pyridine rings is 1. The molecule has 1 fully saturated rings. The number of nitrogens with one attached hydrogen (secondary N) is 1. The molecule has 1 aliphatic rings. The lowest BCUT2D eigenvalue weighted by atomic mass is 10.2. The van der Waals surface area contributed by atoms with E-state index in [1.807, 2.05) is 16.7 Å². The van der Waals surface area contributed by atoms with E-state index >= 15 is 0 Å². The molecule has 1 N–H and O–H groups in total. The van der Waals surface area contributed by atoms with Gasteiger partial charge < -0.3 is 5.32 Å². The number of hydrogen-bond acceptors (Lipinski definition) is 7. The molecule has 0 aromatic carbocycles. The average Bonchev–Trinajstić information content (AvgIpc) is 3.16. The van der Waals surface area contributed by atoms with E-state index in [4.69, 9.17) is 12.2 Å². The van der Waals surface area contributed by atoms with E-state index < -0.39 is 9.84 Å². The average molecular weight is 439 g/mol. The van der Waals surface area contributed by atoms with Gasteiger partial charge in [-0.1, -0.05) is 6.92 Å². The fourth-order valence-electron chi connectivity index (χ4n) is 3.38. The molecule has 0 aliphatic carbocycles. The van der Waals surface area contributed by atoms with Crippen LogP contribution >= 0.6 is 12.2 Å². The quantitative estimate of drug-likeness (QED) is 0.615. The first-order chi connectivity index (χ1) is 13.8. The Balaban J connectivity index is 1.68. The summed E-state index contributed by atoms with van der Waals surface area (Å²) in [5.41, 5.74) is 0.932. The van der Waals surface area contributed by atoms with Crippen molar-refractivity contribution in [2.45, 2.75) is 39.0 Å². The molecule has 9 nitrogen and oxygen atoms in total. The molecule has 1 atom stereocenters. The number of likely N-dealkylation sites (N-methyl/N-ethyl adjacent to an activating group) is 1. The van der Waals surface area contributed by atoms with Crippen LogP contribution in [0.5, 0.6) is 0 Å². The molecule has 1 saturated heterocycles. The van der Waals surface area contributed by atoms with Gasteiger partial charge in [-0.3, -0.25) is 19.2 Å². The maximum atomic E-state index is 12.3. The van der Waals surface area contributed by atoms with Crippen LogP contribution in [-0.4, -0.2) is 69.7 Å². The lowest BCUT2D eigenvalue weighted by Gasteiger charge is -2.18. The minimum absolute atomic E-state index is 0.0181. The van der Waals surface area contributed by atoms with Crippen molar-refractivity contribution in [3.8, 4) is 11.4 Å². The molecule has 0 saturated carbocycles. The van der Waals surface area contributed by atoms with Crippen molar-refractivity contribution in [1.82, 2.24) is 29.5 Å². The lowest BCUT2D eigenvalue weighted by molar-refractivity contribution is -0.122. The topological polar surface area (TPSA) is 102 Å². The van der Waals surface area contributed by atoms with Crippen molar-refractivity contribution in [3.63, 3.8) is 0 Å². The van der Waals surface area contributed by atoms with Crippen LogP contribution in [0.25, 0.3) is 11.4 Å². The molecule has 11 heteroatoms. The smallest absolute Gasteiger partial charge is 0.234 e. The second kappa shape index (κ2) is 9.14. The van der Waals surface area contributed by atoms with Crippen LogP contribution in [0.4, 0.5) is 0 Å². The fourth-order valence-corrected chi connectivity index (χ4v) is 5.33. The Bertz CT molecular complexity index is 1020. The molecular formula is C18H26N6O3S2. The second-order valence-corrected chi connectivity index (χ2v) is 9.91. The van der Waals surface area contributed by atoms with Gasteiger partial charge >= 0.3 is 0 Å². The summed E-state index contributed by atoms with van der Waals surface area (Å²) in [5.74, 6) is 0.719. The number of hydrogen-bond donors (Lipinski definition) is 1. The van der Waals surface area contributed by atoms with Crippen molar-refractivity contribution in [2.24, 2.45) is 0 Å². The standard InChI is InChI=1S/C18H26N6O3S2/c1-3-9-23-17(14-4-7-19-8-5-14)21-24(18(23)28)13-22(2)11-16(25)20-15-6-10-29(26,27)12-15/h4-5,7-8,15H,3,6,9-13H2,1-2H3,(H,20,25). The van der Waals surface area contributed by atoms with Gasteiger partial charge in [0.25, 0.3) is 0 Å². The summed E-state index contributed by atoms with van der Waals surface area (Å²) in [4.78, 5) is 18.1. The third-order valence-corrected chi connectivity index (χ3v) is 6.89. The Kier molecular flexibility index (Phi) is 6.81. The molecule has 1 aliphatic heterocycles. The van der Waals surface area contributed by atoms with Gasteiger partial charge in [0.2, 0.25) is 5.91 Å². The van der Waals surface area contributed by atoms with Crippen LogP contribution in [-0.2, 0) is 27.8 Å². The minimum atomic E-state index is -3.02. The van der Waals surface area contributed by atoms with E-state index in [1.165, 1.54) is 0 Å². The van der Waals surface area contributed by atoms with E-state index in [2.05, 4.69) is 22.3 Å². The second-order valence-electron chi connectivity index (χ2n) is 7.32. The minimum Gasteiger partial charge on any atom is -0.351 e. The Hall–Kier alpha value is -2.11.